The average Bonchev–Trinajstić information content (AvgIpc) is 2.50. The van der Waals surface area contributed by atoms with E-state index in [1.165, 1.54) is 11.1 Å². The van der Waals surface area contributed by atoms with Crippen molar-refractivity contribution in [2.24, 2.45) is 5.41 Å². The van der Waals surface area contributed by atoms with Crippen LogP contribution in [0.15, 0.2) is 85.0 Å². The molecule has 0 heterocycles. The summed E-state index contributed by atoms with van der Waals surface area (Å²) >= 11 is 0. The quantitative estimate of drug-likeness (QED) is 0.657. The summed E-state index contributed by atoms with van der Waals surface area (Å²) in [5, 5.41) is 0. The topological polar surface area (TPSA) is 0 Å². The molecule has 0 atom stereocenters. The second-order valence-corrected chi connectivity index (χ2v) is 6.09. The molecule has 0 saturated heterocycles. The molecule has 0 aliphatic heterocycles. The molecule has 0 unspecified atom stereocenters. The van der Waals surface area contributed by atoms with E-state index in [0.717, 1.165) is 0 Å². The molecule has 0 fully saturated rings. The summed E-state index contributed by atoms with van der Waals surface area (Å²) in [4.78, 5) is 0. The first-order valence-electron chi connectivity index (χ1n) is 7.14. The van der Waals surface area contributed by atoms with E-state index in [2.05, 4.69) is 98.8 Å². The maximum absolute atomic E-state index is 2.34. The van der Waals surface area contributed by atoms with Crippen molar-refractivity contribution < 1.29 is 0 Å². The van der Waals surface area contributed by atoms with Crippen LogP contribution in [-0.2, 0) is 5.41 Å². The summed E-state index contributed by atoms with van der Waals surface area (Å²) in [6.07, 6.45) is 9.31. The maximum atomic E-state index is 2.34. The largest absolute Gasteiger partial charge is 0.0776 e. The molecule has 1 aliphatic rings. The van der Waals surface area contributed by atoms with Crippen LogP contribution in [0.2, 0.25) is 0 Å². The van der Waals surface area contributed by atoms with E-state index in [4.69, 9.17) is 0 Å². The van der Waals surface area contributed by atoms with E-state index in [1.54, 1.807) is 0 Å². The van der Waals surface area contributed by atoms with Crippen molar-refractivity contribution in [1.82, 2.24) is 0 Å². The molecule has 1 aliphatic carbocycles. The number of benzene rings is 2. The van der Waals surface area contributed by atoms with Gasteiger partial charge in [-0.25, -0.2) is 0 Å². The first kappa shape index (κ1) is 12.9. The lowest BCUT2D eigenvalue weighted by Crippen LogP contribution is -2.27. The average molecular weight is 260 g/mol. The molecule has 0 radical (unpaired) electrons. The summed E-state index contributed by atoms with van der Waals surface area (Å²) < 4.78 is 0. The van der Waals surface area contributed by atoms with Gasteiger partial charge in [0.25, 0.3) is 0 Å². The lowest BCUT2D eigenvalue weighted by Gasteiger charge is -2.34. The third kappa shape index (κ3) is 2.22. The molecule has 0 amide bonds. The lowest BCUT2D eigenvalue weighted by atomic mass is 9.69. The van der Waals surface area contributed by atoms with Gasteiger partial charge in [-0.3, -0.25) is 0 Å². The minimum Gasteiger partial charge on any atom is -0.0776 e. The Bertz CT molecular complexity index is 573. The molecule has 0 nitrogen and oxygen atoms in total. The standard InChI is InChI=1S/C20H20/c1-19(2)13-15-20(16-14-19,17-9-5-3-6-10-17)18-11-7-4-8-12-18/h3-16H,1-2H3. The monoisotopic (exact) mass is 260 g/mol. The Labute approximate surface area is 121 Å². The Morgan fingerprint density at radius 1 is 0.550 bits per heavy atom. The molecule has 0 N–H and O–H groups in total. The van der Waals surface area contributed by atoms with Crippen LogP contribution in [0.4, 0.5) is 0 Å². The summed E-state index contributed by atoms with van der Waals surface area (Å²) in [7, 11) is 0. The molecule has 0 spiro atoms. The second kappa shape index (κ2) is 4.79. The van der Waals surface area contributed by atoms with Gasteiger partial charge >= 0.3 is 0 Å². The molecule has 0 bridgehead atoms. The molecular weight excluding hydrogens is 240 g/mol. The fourth-order valence-electron chi connectivity index (χ4n) is 2.78. The molecule has 2 aromatic carbocycles. The summed E-state index contributed by atoms with van der Waals surface area (Å²) in [6.45, 7) is 4.47. The van der Waals surface area contributed by atoms with Gasteiger partial charge in [0.15, 0.2) is 0 Å². The third-order valence-electron chi connectivity index (χ3n) is 4.05. The van der Waals surface area contributed by atoms with Crippen LogP contribution in [0.25, 0.3) is 0 Å². The first-order chi connectivity index (χ1) is 9.62. The third-order valence-corrected chi connectivity index (χ3v) is 4.05. The molecular formula is C20H20. The van der Waals surface area contributed by atoms with E-state index in [9.17, 15) is 0 Å². The van der Waals surface area contributed by atoms with E-state index in [-0.39, 0.29) is 10.8 Å². The van der Waals surface area contributed by atoms with Crippen molar-refractivity contribution >= 4 is 0 Å². The van der Waals surface area contributed by atoms with Crippen LogP contribution in [-0.4, -0.2) is 0 Å². The van der Waals surface area contributed by atoms with E-state index >= 15 is 0 Å². The van der Waals surface area contributed by atoms with Crippen molar-refractivity contribution in [3.05, 3.63) is 96.1 Å². The van der Waals surface area contributed by atoms with Gasteiger partial charge in [-0.15, -0.1) is 0 Å². The maximum Gasteiger partial charge on any atom is 0.0563 e. The van der Waals surface area contributed by atoms with Crippen LogP contribution in [0.3, 0.4) is 0 Å². The fraction of sp³-hybridized carbons (Fsp3) is 0.200. The number of hydrogen-bond donors (Lipinski definition) is 0. The predicted molar refractivity (Wildman–Crippen MR) is 85.7 cm³/mol. The number of rotatable bonds is 2. The Hall–Kier alpha value is -2.08. The van der Waals surface area contributed by atoms with Gasteiger partial charge in [-0.2, -0.15) is 0 Å². The highest BCUT2D eigenvalue weighted by atomic mass is 14.3. The van der Waals surface area contributed by atoms with Gasteiger partial charge in [-0.1, -0.05) is 98.8 Å². The van der Waals surface area contributed by atoms with Crippen molar-refractivity contribution in [3.8, 4) is 0 Å². The first-order valence-corrected chi connectivity index (χ1v) is 7.14. The van der Waals surface area contributed by atoms with Gasteiger partial charge in [0.2, 0.25) is 0 Å². The highest BCUT2D eigenvalue weighted by Crippen LogP contribution is 2.41. The SMILES string of the molecule is CC1(C)C=CC(c2ccccc2)(c2ccccc2)C=C1. The second-order valence-electron chi connectivity index (χ2n) is 6.09. The Balaban J connectivity index is 2.18. The summed E-state index contributed by atoms with van der Waals surface area (Å²) in [5.74, 6) is 0. The zero-order valence-corrected chi connectivity index (χ0v) is 12.1. The molecule has 0 aromatic heterocycles. The van der Waals surface area contributed by atoms with E-state index in [1.807, 2.05) is 0 Å². The number of allylic oxidation sites excluding steroid dienone is 4. The van der Waals surface area contributed by atoms with Crippen LogP contribution in [0, 0.1) is 5.41 Å². The summed E-state index contributed by atoms with van der Waals surface area (Å²) in [5.41, 5.74) is 2.62. The van der Waals surface area contributed by atoms with Gasteiger partial charge in [0.05, 0.1) is 5.41 Å². The van der Waals surface area contributed by atoms with Crippen LogP contribution in [0.1, 0.15) is 25.0 Å². The predicted octanol–water partition coefficient (Wildman–Crippen LogP) is 5.12. The lowest BCUT2D eigenvalue weighted by molar-refractivity contribution is 0.590. The Morgan fingerprint density at radius 2 is 0.950 bits per heavy atom. The normalized spacial score (nSPS) is 18.9. The van der Waals surface area contributed by atoms with Crippen molar-refractivity contribution in [2.45, 2.75) is 19.3 Å². The van der Waals surface area contributed by atoms with Gasteiger partial charge < -0.3 is 0 Å². The zero-order chi connectivity index (χ0) is 14.1. The van der Waals surface area contributed by atoms with E-state index in [0.29, 0.717) is 0 Å². The summed E-state index contributed by atoms with van der Waals surface area (Å²) in [6, 6.07) is 21.4. The highest BCUT2D eigenvalue weighted by molar-refractivity contribution is 5.51. The van der Waals surface area contributed by atoms with E-state index < -0.39 is 0 Å². The highest BCUT2D eigenvalue weighted by Gasteiger charge is 2.32. The minimum atomic E-state index is -0.141. The molecule has 0 heteroatoms. The van der Waals surface area contributed by atoms with Crippen molar-refractivity contribution in [3.63, 3.8) is 0 Å². The van der Waals surface area contributed by atoms with Gasteiger partial charge in [0.1, 0.15) is 0 Å². The Morgan fingerprint density at radius 3 is 1.35 bits per heavy atom. The van der Waals surface area contributed by atoms with Crippen molar-refractivity contribution in [2.75, 3.05) is 0 Å². The molecule has 20 heavy (non-hydrogen) atoms. The number of hydrogen-bond acceptors (Lipinski definition) is 0. The minimum absolute atomic E-state index is 0.132. The van der Waals surface area contributed by atoms with Crippen LogP contribution in [0.5, 0.6) is 0 Å². The van der Waals surface area contributed by atoms with Crippen LogP contribution < -0.4 is 0 Å². The van der Waals surface area contributed by atoms with Gasteiger partial charge in [-0.05, 0) is 11.1 Å². The molecule has 0 saturated carbocycles. The molecule has 100 valence electrons. The Kier molecular flexibility index (Phi) is 3.10. The fourth-order valence-corrected chi connectivity index (χ4v) is 2.78. The van der Waals surface area contributed by atoms with Crippen molar-refractivity contribution in [1.29, 1.82) is 0 Å². The van der Waals surface area contributed by atoms with Crippen LogP contribution >= 0.6 is 0 Å². The molecule has 2 aromatic rings. The smallest absolute Gasteiger partial charge is 0.0563 e. The van der Waals surface area contributed by atoms with Gasteiger partial charge in [0, 0.05) is 5.41 Å². The zero-order valence-electron chi connectivity index (χ0n) is 12.1. The molecule has 3 rings (SSSR count).